The monoisotopic (exact) mass is 475 g/mol. The van der Waals surface area contributed by atoms with E-state index in [4.69, 9.17) is 4.74 Å². The zero-order valence-electron chi connectivity index (χ0n) is 19.0. The number of benzene rings is 1. The van der Waals surface area contributed by atoms with E-state index in [1.165, 1.54) is 18.3 Å². The van der Waals surface area contributed by atoms with Crippen molar-refractivity contribution in [1.29, 1.82) is 0 Å². The number of para-hydroxylation sites is 1. The van der Waals surface area contributed by atoms with E-state index in [0.29, 0.717) is 23.9 Å². The number of ether oxygens (including phenoxy) is 1. The van der Waals surface area contributed by atoms with Crippen LogP contribution in [0.4, 0.5) is 0 Å². The maximum atomic E-state index is 12.7. The van der Waals surface area contributed by atoms with Crippen LogP contribution in [0.25, 0.3) is 10.2 Å². The Morgan fingerprint density at radius 2 is 1.97 bits per heavy atom. The third-order valence-electron chi connectivity index (χ3n) is 5.52. The number of hydrogen-bond acceptors (Lipinski definition) is 7. The fourth-order valence-electron chi connectivity index (χ4n) is 4.23. The quantitative estimate of drug-likeness (QED) is 0.386. The highest BCUT2D eigenvalue weighted by Crippen LogP contribution is 2.46. The van der Waals surface area contributed by atoms with Crippen molar-refractivity contribution in [2.75, 3.05) is 5.75 Å². The van der Waals surface area contributed by atoms with E-state index in [2.05, 4.69) is 10.7 Å². The number of esters is 1. The molecule has 0 spiro atoms. The third kappa shape index (κ3) is 5.56. The predicted octanol–water partition coefficient (Wildman–Crippen LogP) is 4.60. The van der Waals surface area contributed by atoms with Crippen LogP contribution in [0.3, 0.4) is 0 Å². The van der Waals surface area contributed by atoms with E-state index in [1.54, 1.807) is 32.1 Å². The van der Waals surface area contributed by atoms with Crippen LogP contribution in [0.5, 0.6) is 0 Å². The number of sulfone groups is 1. The topological polar surface area (TPSA) is 93.6 Å². The summed E-state index contributed by atoms with van der Waals surface area (Å²) in [5.41, 5.74) is 3.67. The summed E-state index contributed by atoms with van der Waals surface area (Å²) in [7, 11) is -3.55. The second-order valence-electron chi connectivity index (χ2n) is 9.14. The van der Waals surface area contributed by atoms with Gasteiger partial charge in [-0.15, -0.1) is 17.1 Å². The number of aromatic nitrogens is 1. The Kier molecular flexibility index (Phi) is 6.82. The number of carbonyl (C=O) groups excluding carboxylic acids is 1. The van der Waals surface area contributed by atoms with Crippen LogP contribution in [0, 0.1) is 5.41 Å². The smallest absolute Gasteiger partial charge is 0.302 e. The van der Waals surface area contributed by atoms with Gasteiger partial charge in [-0.25, -0.2) is 13.4 Å². The fraction of sp³-hybridized carbons (Fsp3) is 0.458. The second-order valence-corrected chi connectivity index (χ2v) is 12.4. The number of nitrogens with zero attached hydrogens (tertiary/aromatic N) is 1. The standard InChI is InChI=1S/C24H29NO5S2/c1-16(12-13-32(28,29)22-25-19-8-6-7-9-20(19)31-22)10-11-21-23(3,4)14-18(30-17(2)26)15-24(21,5)27/h6-10,12,18,27H,13-15H2,1-5H3/b16-12+/t11?,18-,24+/m0/s1. The minimum atomic E-state index is -3.55. The Morgan fingerprint density at radius 3 is 2.59 bits per heavy atom. The first-order valence-corrected chi connectivity index (χ1v) is 12.9. The maximum Gasteiger partial charge on any atom is 0.302 e. The van der Waals surface area contributed by atoms with E-state index >= 15 is 0 Å². The van der Waals surface area contributed by atoms with Gasteiger partial charge in [0.25, 0.3) is 0 Å². The van der Waals surface area contributed by atoms with E-state index in [9.17, 15) is 18.3 Å². The Hall–Kier alpha value is -2.25. The first-order valence-electron chi connectivity index (χ1n) is 10.4. The second kappa shape index (κ2) is 8.94. The number of rotatable bonds is 5. The Bertz CT molecular complexity index is 1180. The molecule has 2 aromatic rings. The Morgan fingerprint density at radius 1 is 1.28 bits per heavy atom. The van der Waals surface area contributed by atoms with Crippen molar-refractivity contribution >= 4 is 37.4 Å². The molecule has 1 aliphatic rings. The lowest BCUT2D eigenvalue weighted by molar-refractivity contribution is -0.152. The molecule has 8 heteroatoms. The molecule has 0 unspecified atom stereocenters. The van der Waals surface area contributed by atoms with E-state index < -0.39 is 20.9 Å². The minimum absolute atomic E-state index is 0.109. The van der Waals surface area contributed by atoms with Gasteiger partial charge in [0.15, 0.2) is 0 Å². The number of aliphatic hydroxyl groups is 1. The Balaban J connectivity index is 1.81. The lowest BCUT2D eigenvalue weighted by atomic mass is 9.65. The highest BCUT2D eigenvalue weighted by Gasteiger charge is 2.46. The van der Waals surface area contributed by atoms with Crippen molar-refractivity contribution in [3.05, 3.63) is 53.3 Å². The average Bonchev–Trinajstić information content (AvgIpc) is 3.09. The zero-order valence-corrected chi connectivity index (χ0v) is 20.6. The summed E-state index contributed by atoms with van der Waals surface area (Å²) in [4.78, 5) is 15.6. The first-order chi connectivity index (χ1) is 14.8. The molecule has 0 bridgehead atoms. The molecule has 32 heavy (non-hydrogen) atoms. The molecule has 1 heterocycles. The fourth-order valence-corrected chi connectivity index (χ4v) is 6.77. The van der Waals surface area contributed by atoms with Crippen LogP contribution in [-0.4, -0.2) is 41.9 Å². The molecule has 1 fully saturated rings. The van der Waals surface area contributed by atoms with Crippen LogP contribution < -0.4 is 0 Å². The first kappa shape index (κ1) is 24.4. The maximum absolute atomic E-state index is 12.7. The molecule has 0 radical (unpaired) electrons. The third-order valence-corrected chi connectivity index (χ3v) is 8.59. The molecule has 172 valence electrons. The lowest BCUT2D eigenvalue weighted by Crippen LogP contribution is -2.46. The van der Waals surface area contributed by atoms with Crippen molar-refractivity contribution in [1.82, 2.24) is 4.98 Å². The van der Waals surface area contributed by atoms with Crippen molar-refractivity contribution in [2.24, 2.45) is 5.41 Å². The van der Waals surface area contributed by atoms with Gasteiger partial charge >= 0.3 is 5.97 Å². The van der Waals surface area contributed by atoms with Crippen LogP contribution >= 0.6 is 11.3 Å². The SMILES string of the molecule is CC(=O)O[C@H]1CC(C)(C)C(=C=C/C(C)=C/CS(=O)(=O)c2nc3ccccc3s2)[C@](C)(O)C1. The zero-order chi connectivity index (χ0) is 23.7. The van der Waals surface area contributed by atoms with Gasteiger partial charge in [0.05, 0.1) is 21.6 Å². The Labute approximate surface area is 193 Å². The minimum Gasteiger partial charge on any atom is -0.462 e. The molecule has 0 amide bonds. The number of allylic oxidation sites excluding steroid dienone is 1. The van der Waals surface area contributed by atoms with Crippen LogP contribution in [0.2, 0.25) is 0 Å². The van der Waals surface area contributed by atoms with Gasteiger partial charge in [-0.3, -0.25) is 4.79 Å². The number of fused-ring (bicyclic) bond motifs is 1. The van der Waals surface area contributed by atoms with Gasteiger partial charge in [0.2, 0.25) is 14.2 Å². The predicted molar refractivity (Wildman–Crippen MR) is 126 cm³/mol. The number of thiazole rings is 1. The van der Waals surface area contributed by atoms with Gasteiger partial charge in [-0.05, 0) is 49.5 Å². The van der Waals surface area contributed by atoms with Crippen LogP contribution in [-0.2, 0) is 19.4 Å². The molecule has 1 aromatic heterocycles. The summed E-state index contributed by atoms with van der Waals surface area (Å²) in [6.45, 7) is 8.81. The molecule has 1 aromatic carbocycles. The van der Waals surface area contributed by atoms with E-state index in [1.807, 2.05) is 32.0 Å². The molecule has 0 aliphatic heterocycles. The molecule has 1 aliphatic carbocycles. The summed E-state index contributed by atoms with van der Waals surface area (Å²) in [6, 6.07) is 7.34. The van der Waals surface area contributed by atoms with Gasteiger partial charge in [0.1, 0.15) is 6.10 Å². The van der Waals surface area contributed by atoms with Gasteiger partial charge < -0.3 is 9.84 Å². The van der Waals surface area contributed by atoms with E-state index in [-0.39, 0.29) is 22.2 Å². The summed E-state index contributed by atoms with van der Waals surface area (Å²) in [5.74, 6) is -0.529. The highest BCUT2D eigenvalue weighted by atomic mass is 32.2. The summed E-state index contributed by atoms with van der Waals surface area (Å²) >= 11 is 1.17. The van der Waals surface area contributed by atoms with Gasteiger partial charge in [-0.1, -0.05) is 32.1 Å². The summed E-state index contributed by atoms with van der Waals surface area (Å²) < 4.78 is 31.7. The molecular formula is C24H29NO5S2. The molecule has 0 saturated heterocycles. The lowest BCUT2D eigenvalue weighted by Gasteiger charge is -2.44. The molecular weight excluding hydrogens is 446 g/mol. The summed E-state index contributed by atoms with van der Waals surface area (Å²) in [5, 5.41) is 11.0. The van der Waals surface area contributed by atoms with Crippen molar-refractivity contribution in [2.45, 2.75) is 63.5 Å². The molecule has 2 atom stereocenters. The summed E-state index contributed by atoms with van der Waals surface area (Å²) in [6.07, 6.45) is 3.83. The molecule has 6 nitrogen and oxygen atoms in total. The van der Waals surface area contributed by atoms with Crippen molar-refractivity contribution in [3.63, 3.8) is 0 Å². The van der Waals surface area contributed by atoms with Gasteiger partial charge in [0, 0.05) is 18.9 Å². The van der Waals surface area contributed by atoms with Crippen molar-refractivity contribution in [3.8, 4) is 0 Å². The largest absolute Gasteiger partial charge is 0.462 e. The molecule has 1 N–H and O–H groups in total. The normalized spacial score (nSPS) is 23.6. The van der Waals surface area contributed by atoms with Crippen molar-refractivity contribution < 1.29 is 23.1 Å². The van der Waals surface area contributed by atoms with Gasteiger partial charge in [-0.2, -0.15) is 0 Å². The molecule has 3 rings (SSSR count). The van der Waals surface area contributed by atoms with E-state index in [0.717, 1.165) is 10.3 Å². The highest BCUT2D eigenvalue weighted by molar-refractivity contribution is 7.93. The molecule has 1 saturated carbocycles. The number of carbonyl (C=O) groups is 1. The van der Waals surface area contributed by atoms with Crippen LogP contribution in [0.1, 0.15) is 47.5 Å². The van der Waals surface area contributed by atoms with Crippen LogP contribution in [0.15, 0.2) is 57.6 Å². The number of hydrogen-bond donors (Lipinski definition) is 1. The average molecular weight is 476 g/mol.